The molecule has 1 aromatic heterocycles. The molecule has 37 heavy (non-hydrogen) atoms. The van der Waals surface area contributed by atoms with E-state index in [-0.39, 0.29) is 11.6 Å². The van der Waals surface area contributed by atoms with Crippen LogP contribution < -0.4 is 19.9 Å². The first-order valence-corrected chi connectivity index (χ1v) is 13.0. The molecule has 0 bridgehead atoms. The maximum Gasteiger partial charge on any atom is 0.355 e. The highest BCUT2D eigenvalue weighted by Crippen LogP contribution is 2.46. The smallest absolute Gasteiger partial charge is 0.355 e. The highest BCUT2D eigenvalue weighted by molar-refractivity contribution is 7.21. The Bertz CT molecular complexity index is 1570. The SMILES string of the molecule is CCCCOc1ccccc1C1C(C#N)=C(N)Oc2cc(OC(=O)c3sc4ccccc4c3Cl)ccc21. The van der Waals surface area contributed by atoms with Crippen molar-refractivity contribution in [3.05, 3.63) is 99.2 Å². The number of rotatable bonds is 7. The lowest BCUT2D eigenvalue weighted by Crippen LogP contribution is -2.21. The molecule has 3 aromatic carbocycles. The standard InChI is InChI=1S/C29H23ClN2O4S/c1-2-3-14-34-22-10-6-4-8-18(22)25-19-13-12-17(15-23(19)36-28(32)21(25)16-31)35-29(33)27-26(30)20-9-5-7-11-24(20)37-27/h4-13,15,25H,2-3,14,32H2,1H3. The number of hydrogen-bond acceptors (Lipinski definition) is 7. The number of halogens is 1. The van der Waals surface area contributed by atoms with Gasteiger partial charge in [0.1, 0.15) is 33.8 Å². The van der Waals surface area contributed by atoms with Crippen LogP contribution in [-0.2, 0) is 0 Å². The van der Waals surface area contributed by atoms with Crippen LogP contribution in [0.5, 0.6) is 17.2 Å². The van der Waals surface area contributed by atoms with Crippen LogP contribution in [0.3, 0.4) is 0 Å². The van der Waals surface area contributed by atoms with Gasteiger partial charge in [0.15, 0.2) is 0 Å². The molecule has 1 atom stereocenters. The van der Waals surface area contributed by atoms with Crippen LogP contribution in [-0.4, -0.2) is 12.6 Å². The van der Waals surface area contributed by atoms with E-state index in [0.717, 1.165) is 34.1 Å². The molecule has 8 heteroatoms. The van der Waals surface area contributed by atoms with Crippen LogP contribution in [0.1, 0.15) is 46.5 Å². The van der Waals surface area contributed by atoms with Crippen LogP contribution in [0.25, 0.3) is 10.1 Å². The minimum absolute atomic E-state index is 0.000566. The lowest BCUT2D eigenvalue weighted by atomic mass is 9.83. The molecular formula is C29H23ClN2O4S. The van der Waals surface area contributed by atoms with Gasteiger partial charge in [-0.15, -0.1) is 11.3 Å². The lowest BCUT2D eigenvalue weighted by Gasteiger charge is -2.28. The van der Waals surface area contributed by atoms with E-state index >= 15 is 0 Å². The van der Waals surface area contributed by atoms with Crippen LogP contribution in [0.2, 0.25) is 5.02 Å². The fourth-order valence-corrected chi connectivity index (χ4v) is 5.68. The zero-order valence-corrected chi connectivity index (χ0v) is 21.6. The molecule has 0 saturated carbocycles. The summed E-state index contributed by atoms with van der Waals surface area (Å²) in [5.41, 5.74) is 8.00. The van der Waals surface area contributed by atoms with E-state index in [2.05, 4.69) is 13.0 Å². The highest BCUT2D eigenvalue weighted by atomic mass is 35.5. The number of ether oxygens (including phenoxy) is 3. The Morgan fingerprint density at radius 1 is 1.14 bits per heavy atom. The largest absolute Gasteiger partial charge is 0.493 e. The van der Waals surface area contributed by atoms with Crippen molar-refractivity contribution in [2.45, 2.75) is 25.7 Å². The monoisotopic (exact) mass is 530 g/mol. The van der Waals surface area contributed by atoms with Crippen molar-refractivity contribution in [1.29, 1.82) is 5.26 Å². The molecule has 1 aliphatic rings. The Morgan fingerprint density at radius 2 is 1.92 bits per heavy atom. The van der Waals surface area contributed by atoms with Crippen molar-refractivity contribution in [2.75, 3.05) is 6.61 Å². The number of benzene rings is 3. The first-order valence-electron chi connectivity index (χ1n) is 11.8. The average molecular weight is 531 g/mol. The molecule has 4 aromatic rings. The number of allylic oxidation sites excluding steroid dienone is 1. The molecule has 1 aliphatic heterocycles. The average Bonchev–Trinajstić information content (AvgIpc) is 3.25. The Kier molecular flexibility index (Phi) is 7.04. The normalized spacial score (nSPS) is 14.6. The summed E-state index contributed by atoms with van der Waals surface area (Å²) in [5, 5.41) is 11.1. The highest BCUT2D eigenvalue weighted by Gasteiger charge is 2.33. The van der Waals surface area contributed by atoms with Crippen molar-refractivity contribution in [1.82, 2.24) is 0 Å². The van der Waals surface area contributed by atoms with Gasteiger partial charge in [-0.3, -0.25) is 0 Å². The number of thiophene rings is 1. The van der Waals surface area contributed by atoms with Gasteiger partial charge in [0.05, 0.1) is 17.5 Å². The number of esters is 1. The first kappa shape index (κ1) is 24.7. The topological polar surface area (TPSA) is 94.6 Å². The van der Waals surface area contributed by atoms with E-state index in [9.17, 15) is 10.1 Å². The van der Waals surface area contributed by atoms with E-state index in [1.54, 1.807) is 18.2 Å². The second-order valence-corrected chi connectivity index (χ2v) is 9.93. The number of unbranched alkanes of at least 4 members (excludes halogenated alkanes) is 1. The maximum absolute atomic E-state index is 13.0. The van der Waals surface area contributed by atoms with Crippen molar-refractivity contribution < 1.29 is 19.0 Å². The molecule has 0 aliphatic carbocycles. The summed E-state index contributed by atoms with van der Waals surface area (Å²) in [7, 11) is 0. The first-order chi connectivity index (χ1) is 18.0. The molecular weight excluding hydrogens is 508 g/mol. The molecule has 186 valence electrons. The molecule has 5 rings (SSSR count). The molecule has 6 nitrogen and oxygen atoms in total. The van der Waals surface area contributed by atoms with Gasteiger partial charge >= 0.3 is 5.97 Å². The summed E-state index contributed by atoms with van der Waals surface area (Å²) in [5.74, 6) is 0.306. The fraction of sp³-hybridized carbons (Fsp3) is 0.172. The van der Waals surface area contributed by atoms with E-state index in [1.165, 1.54) is 11.3 Å². The van der Waals surface area contributed by atoms with Crippen LogP contribution >= 0.6 is 22.9 Å². The minimum Gasteiger partial charge on any atom is -0.493 e. The third kappa shape index (κ3) is 4.74. The predicted octanol–water partition coefficient (Wildman–Crippen LogP) is 7.17. The Morgan fingerprint density at radius 3 is 2.70 bits per heavy atom. The maximum atomic E-state index is 13.0. The molecule has 0 fully saturated rings. The number of para-hydroxylation sites is 1. The van der Waals surface area contributed by atoms with Gasteiger partial charge in [0.25, 0.3) is 0 Å². The number of carbonyl (C=O) groups excluding carboxylic acids is 1. The quantitative estimate of drug-likeness (QED) is 0.154. The van der Waals surface area contributed by atoms with Gasteiger partial charge in [-0.1, -0.05) is 67.4 Å². The van der Waals surface area contributed by atoms with Gasteiger partial charge in [-0.2, -0.15) is 5.26 Å². The molecule has 0 spiro atoms. The van der Waals surface area contributed by atoms with Crippen LogP contribution in [0.4, 0.5) is 0 Å². The number of carbonyl (C=O) groups is 1. The van der Waals surface area contributed by atoms with Crippen LogP contribution in [0, 0.1) is 11.3 Å². The second kappa shape index (κ2) is 10.6. The zero-order valence-electron chi connectivity index (χ0n) is 20.0. The van der Waals surface area contributed by atoms with Gasteiger partial charge in [0.2, 0.25) is 5.88 Å². The van der Waals surface area contributed by atoms with Crippen LogP contribution in [0.15, 0.2) is 78.2 Å². The molecule has 0 saturated heterocycles. The van der Waals surface area contributed by atoms with E-state index < -0.39 is 11.9 Å². The van der Waals surface area contributed by atoms with Gasteiger partial charge in [-0.25, -0.2) is 4.79 Å². The Balaban J connectivity index is 1.48. The summed E-state index contributed by atoms with van der Waals surface area (Å²) in [4.78, 5) is 13.3. The summed E-state index contributed by atoms with van der Waals surface area (Å²) in [6, 6.07) is 22.4. The number of hydrogen-bond donors (Lipinski definition) is 1. The molecule has 0 radical (unpaired) electrons. The number of nitrogens with zero attached hydrogens (tertiary/aromatic N) is 1. The lowest BCUT2D eigenvalue weighted by molar-refractivity contribution is 0.0740. The molecule has 2 N–H and O–H groups in total. The summed E-state index contributed by atoms with van der Waals surface area (Å²) in [6.45, 7) is 2.67. The van der Waals surface area contributed by atoms with Gasteiger partial charge in [0, 0.05) is 27.3 Å². The number of nitriles is 1. The van der Waals surface area contributed by atoms with E-state index in [0.29, 0.717) is 33.6 Å². The predicted molar refractivity (Wildman–Crippen MR) is 144 cm³/mol. The van der Waals surface area contributed by atoms with Crippen molar-refractivity contribution >= 4 is 39.0 Å². The third-order valence-electron chi connectivity index (χ3n) is 6.11. The van der Waals surface area contributed by atoms with E-state index in [1.807, 2.05) is 48.5 Å². The number of nitrogens with two attached hydrogens (primary N) is 1. The van der Waals surface area contributed by atoms with E-state index in [4.69, 9.17) is 31.5 Å². The molecule has 2 heterocycles. The zero-order chi connectivity index (χ0) is 25.9. The molecule has 0 amide bonds. The second-order valence-electron chi connectivity index (χ2n) is 8.50. The van der Waals surface area contributed by atoms with Crippen molar-refractivity contribution in [3.63, 3.8) is 0 Å². The molecule has 1 unspecified atom stereocenters. The summed E-state index contributed by atoms with van der Waals surface area (Å²) < 4.78 is 18.4. The fourth-order valence-electron chi connectivity index (χ4n) is 4.29. The summed E-state index contributed by atoms with van der Waals surface area (Å²) >= 11 is 7.73. The Labute approximate surface area is 223 Å². The van der Waals surface area contributed by atoms with Gasteiger partial charge < -0.3 is 19.9 Å². The number of fused-ring (bicyclic) bond motifs is 2. The Hall–Kier alpha value is -3.99. The van der Waals surface area contributed by atoms with Gasteiger partial charge in [-0.05, 0) is 24.6 Å². The third-order valence-corrected chi connectivity index (χ3v) is 7.76. The van der Waals surface area contributed by atoms with Crippen molar-refractivity contribution in [3.8, 4) is 23.3 Å². The van der Waals surface area contributed by atoms with Crippen molar-refractivity contribution in [2.24, 2.45) is 5.73 Å². The minimum atomic E-state index is -0.561. The summed E-state index contributed by atoms with van der Waals surface area (Å²) in [6.07, 6.45) is 1.92.